The van der Waals surface area contributed by atoms with Crippen molar-refractivity contribution in [2.24, 2.45) is 7.05 Å². The van der Waals surface area contributed by atoms with Crippen LogP contribution in [0.15, 0.2) is 42.5 Å². The fourth-order valence-electron chi connectivity index (χ4n) is 4.80. The molecule has 1 aromatic heterocycles. The predicted molar refractivity (Wildman–Crippen MR) is 129 cm³/mol. The third-order valence-corrected chi connectivity index (χ3v) is 6.73. The number of hydrogen-bond acceptors (Lipinski definition) is 7. The normalized spacial score (nSPS) is 18.4. The number of aromatic nitrogens is 4. The third kappa shape index (κ3) is 5.08. The van der Waals surface area contributed by atoms with Gasteiger partial charge < -0.3 is 15.3 Å². The fraction of sp³-hybridized carbons (Fsp3) is 0.400. The van der Waals surface area contributed by atoms with Gasteiger partial charge in [-0.2, -0.15) is 4.80 Å². The first-order valence-electron chi connectivity index (χ1n) is 11.8. The van der Waals surface area contributed by atoms with E-state index in [1.54, 1.807) is 11.9 Å². The lowest BCUT2D eigenvalue weighted by molar-refractivity contribution is -0.131. The molecule has 182 valence electrons. The molecule has 2 aliphatic rings. The van der Waals surface area contributed by atoms with Crippen molar-refractivity contribution in [1.29, 1.82) is 0 Å². The van der Waals surface area contributed by atoms with E-state index in [4.69, 9.17) is 0 Å². The summed E-state index contributed by atoms with van der Waals surface area (Å²) in [6.07, 6.45) is 0.997. The van der Waals surface area contributed by atoms with Gasteiger partial charge in [0.15, 0.2) is 0 Å². The maximum absolute atomic E-state index is 13.4. The SMILES string of the molecule is CN(C(=O)Cc1ccc2c(c1)NC(=O)C2)C(CN1CC[C@H](O)C1)c1cccc(-c2nnn(C)n2)c1. The van der Waals surface area contributed by atoms with E-state index in [1.165, 1.54) is 4.80 Å². The Hall–Kier alpha value is -3.63. The first-order valence-corrected chi connectivity index (χ1v) is 11.8. The average Bonchev–Trinajstić information content (AvgIpc) is 3.56. The Balaban J connectivity index is 1.39. The topological polar surface area (TPSA) is 116 Å². The van der Waals surface area contributed by atoms with Gasteiger partial charge >= 0.3 is 0 Å². The highest BCUT2D eigenvalue weighted by atomic mass is 16.3. The van der Waals surface area contributed by atoms with Crippen LogP contribution in [0.25, 0.3) is 11.4 Å². The van der Waals surface area contributed by atoms with Gasteiger partial charge in [0.2, 0.25) is 17.6 Å². The number of likely N-dealkylation sites (N-methyl/N-ethyl adjacent to an activating group) is 1. The lowest BCUT2D eigenvalue weighted by atomic mass is 10.0. The van der Waals surface area contributed by atoms with Crippen molar-refractivity contribution in [2.45, 2.75) is 31.4 Å². The quantitative estimate of drug-likeness (QED) is 0.527. The summed E-state index contributed by atoms with van der Waals surface area (Å²) < 4.78 is 0. The second kappa shape index (κ2) is 9.55. The zero-order valence-electron chi connectivity index (χ0n) is 19.9. The van der Waals surface area contributed by atoms with E-state index in [0.717, 1.165) is 40.9 Å². The van der Waals surface area contributed by atoms with Crippen molar-refractivity contribution in [3.63, 3.8) is 0 Å². The first kappa shape index (κ1) is 23.1. The standard InChI is InChI=1S/C25H29N7O3/c1-30(24(35)11-16-6-7-17-13-23(34)26-21(17)10-16)22(15-32-9-8-20(33)14-32)18-4-3-5-19(12-18)25-27-29-31(2)28-25/h3-7,10,12,20,22,33H,8-9,11,13-15H2,1-2H3,(H,26,34)/t20-,22?/m0/s1. The van der Waals surface area contributed by atoms with Crippen molar-refractivity contribution in [2.75, 3.05) is 32.0 Å². The molecule has 10 nitrogen and oxygen atoms in total. The Bertz CT molecular complexity index is 1260. The van der Waals surface area contributed by atoms with Crippen LogP contribution in [-0.4, -0.2) is 79.7 Å². The van der Waals surface area contributed by atoms with Crippen LogP contribution in [0.2, 0.25) is 0 Å². The molecular formula is C25H29N7O3. The second-order valence-electron chi connectivity index (χ2n) is 9.34. The number of tetrazole rings is 1. The smallest absolute Gasteiger partial charge is 0.228 e. The number of nitrogens with one attached hydrogen (secondary N) is 1. The molecule has 10 heteroatoms. The van der Waals surface area contributed by atoms with Crippen LogP contribution in [0.1, 0.15) is 29.2 Å². The van der Waals surface area contributed by atoms with Gasteiger partial charge in [0.05, 0.1) is 32.0 Å². The number of aliphatic hydroxyl groups is 1. The molecule has 2 atom stereocenters. The molecule has 2 aromatic carbocycles. The van der Waals surface area contributed by atoms with Crippen molar-refractivity contribution in [1.82, 2.24) is 30.0 Å². The highest BCUT2D eigenvalue weighted by Gasteiger charge is 2.29. The fourth-order valence-corrected chi connectivity index (χ4v) is 4.80. The zero-order valence-corrected chi connectivity index (χ0v) is 19.9. The van der Waals surface area contributed by atoms with E-state index >= 15 is 0 Å². The molecule has 2 aliphatic heterocycles. The van der Waals surface area contributed by atoms with E-state index in [9.17, 15) is 14.7 Å². The molecule has 5 rings (SSSR count). The van der Waals surface area contributed by atoms with Gasteiger partial charge in [-0.15, -0.1) is 10.2 Å². The molecule has 0 radical (unpaired) electrons. The van der Waals surface area contributed by atoms with E-state index < -0.39 is 0 Å². The molecule has 3 aromatic rings. The van der Waals surface area contributed by atoms with Crippen LogP contribution in [0.3, 0.4) is 0 Å². The number of hydrogen-bond donors (Lipinski definition) is 2. The molecular weight excluding hydrogens is 446 g/mol. The minimum Gasteiger partial charge on any atom is -0.392 e. The van der Waals surface area contributed by atoms with E-state index in [0.29, 0.717) is 25.3 Å². The van der Waals surface area contributed by atoms with Gasteiger partial charge in [-0.1, -0.05) is 30.3 Å². The molecule has 0 bridgehead atoms. The number of aryl methyl sites for hydroxylation is 1. The van der Waals surface area contributed by atoms with Crippen LogP contribution < -0.4 is 5.32 Å². The predicted octanol–water partition coefficient (Wildman–Crippen LogP) is 1.18. The number of carbonyl (C=O) groups excluding carboxylic acids is 2. The summed E-state index contributed by atoms with van der Waals surface area (Å²) in [5.74, 6) is 0.479. The minimum atomic E-state index is -0.339. The molecule has 1 fully saturated rings. The minimum absolute atomic E-state index is 0.0223. The van der Waals surface area contributed by atoms with Gasteiger partial charge in [0, 0.05) is 37.9 Å². The van der Waals surface area contributed by atoms with Crippen molar-refractivity contribution in [3.05, 3.63) is 59.2 Å². The summed E-state index contributed by atoms with van der Waals surface area (Å²) in [5, 5.41) is 25.2. The number of nitrogens with zero attached hydrogens (tertiary/aromatic N) is 6. The number of carbonyl (C=O) groups is 2. The number of β-amino-alcohol motifs (C(OH)–C–C–N with tert-alkyl or cyclic N) is 1. The summed E-state index contributed by atoms with van der Waals surface area (Å²) in [5.41, 5.74) is 4.40. The van der Waals surface area contributed by atoms with Crippen LogP contribution in [0, 0.1) is 0 Å². The molecule has 2 N–H and O–H groups in total. The largest absolute Gasteiger partial charge is 0.392 e. The Labute approximate surface area is 203 Å². The first-order chi connectivity index (χ1) is 16.9. The van der Waals surface area contributed by atoms with E-state index in [-0.39, 0.29) is 30.4 Å². The van der Waals surface area contributed by atoms with Crippen molar-refractivity contribution >= 4 is 17.5 Å². The Morgan fingerprint density at radius 3 is 2.89 bits per heavy atom. The zero-order chi connectivity index (χ0) is 24.5. The molecule has 2 amide bonds. The number of amides is 2. The van der Waals surface area contributed by atoms with Gasteiger partial charge in [0.1, 0.15) is 0 Å². The monoisotopic (exact) mass is 475 g/mol. The maximum atomic E-state index is 13.4. The molecule has 35 heavy (non-hydrogen) atoms. The molecule has 1 saturated heterocycles. The van der Waals surface area contributed by atoms with E-state index in [2.05, 4.69) is 25.6 Å². The molecule has 0 spiro atoms. The van der Waals surface area contributed by atoms with Crippen LogP contribution in [0.4, 0.5) is 5.69 Å². The van der Waals surface area contributed by atoms with Crippen molar-refractivity contribution in [3.8, 4) is 11.4 Å². The number of rotatable bonds is 7. The lowest BCUT2D eigenvalue weighted by Crippen LogP contribution is -2.39. The number of fused-ring (bicyclic) bond motifs is 1. The number of likely N-dealkylation sites (tertiary alicyclic amines) is 1. The third-order valence-electron chi connectivity index (χ3n) is 6.73. The molecule has 0 aliphatic carbocycles. The summed E-state index contributed by atoms with van der Waals surface area (Å²) >= 11 is 0. The second-order valence-corrected chi connectivity index (χ2v) is 9.34. The Morgan fingerprint density at radius 2 is 2.14 bits per heavy atom. The molecule has 1 unspecified atom stereocenters. The summed E-state index contributed by atoms with van der Waals surface area (Å²) in [6.45, 7) is 1.99. The highest BCUT2D eigenvalue weighted by Crippen LogP contribution is 2.28. The van der Waals surface area contributed by atoms with Crippen molar-refractivity contribution < 1.29 is 14.7 Å². The highest BCUT2D eigenvalue weighted by molar-refractivity contribution is 5.99. The van der Waals surface area contributed by atoms with Crippen LogP contribution in [-0.2, 0) is 29.5 Å². The summed E-state index contributed by atoms with van der Waals surface area (Å²) in [4.78, 5) is 30.5. The van der Waals surface area contributed by atoms with Gasteiger partial charge in [-0.05, 0) is 40.5 Å². The number of aliphatic hydroxyl groups excluding tert-OH is 1. The Morgan fingerprint density at radius 1 is 1.29 bits per heavy atom. The molecule has 0 saturated carbocycles. The van der Waals surface area contributed by atoms with Gasteiger partial charge in [0.25, 0.3) is 0 Å². The van der Waals surface area contributed by atoms with Gasteiger partial charge in [-0.25, -0.2) is 0 Å². The molecule has 3 heterocycles. The van der Waals surface area contributed by atoms with Crippen LogP contribution >= 0.6 is 0 Å². The maximum Gasteiger partial charge on any atom is 0.228 e. The average molecular weight is 476 g/mol. The van der Waals surface area contributed by atoms with E-state index in [1.807, 2.05) is 49.5 Å². The lowest BCUT2D eigenvalue weighted by Gasteiger charge is -2.32. The Kier molecular flexibility index (Phi) is 6.31. The summed E-state index contributed by atoms with van der Waals surface area (Å²) in [7, 11) is 3.54. The number of anilines is 1. The van der Waals surface area contributed by atoms with Crippen LogP contribution in [0.5, 0.6) is 0 Å². The summed E-state index contributed by atoms with van der Waals surface area (Å²) in [6, 6.07) is 13.4. The van der Waals surface area contributed by atoms with Gasteiger partial charge in [-0.3, -0.25) is 14.5 Å². The number of benzene rings is 2.